The number of hydrogen-bond donors (Lipinski definition) is 0. The lowest BCUT2D eigenvalue weighted by Crippen LogP contribution is -2.40. The monoisotopic (exact) mass is 350 g/mol. The van der Waals surface area contributed by atoms with Crippen LogP contribution in [0.15, 0.2) is 60.7 Å². The van der Waals surface area contributed by atoms with Crippen LogP contribution in [0.1, 0.15) is 44.2 Å². The Morgan fingerprint density at radius 2 is 1.54 bits per heavy atom. The Balaban J connectivity index is 1.96. The van der Waals surface area contributed by atoms with Gasteiger partial charge >= 0.3 is 5.97 Å². The maximum Gasteiger partial charge on any atom is 0.318 e. The highest BCUT2D eigenvalue weighted by Gasteiger charge is 2.57. The van der Waals surface area contributed by atoms with Crippen molar-refractivity contribution in [2.45, 2.75) is 45.1 Å². The van der Waals surface area contributed by atoms with Gasteiger partial charge in [-0.25, -0.2) is 0 Å². The summed E-state index contributed by atoms with van der Waals surface area (Å²) in [6, 6.07) is 19.6. The van der Waals surface area contributed by atoms with Crippen molar-refractivity contribution in [2.24, 2.45) is 11.8 Å². The van der Waals surface area contributed by atoms with Crippen molar-refractivity contribution in [3.05, 3.63) is 71.8 Å². The predicted molar refractivity (Wildman–Crippen MR) is 102 cm³/mol. The number of carbonyl (C=O) groups excluding carboxylic acids is 2. The minimum atomic E-state index is -1.05. The van der Waals surface area contributed by atoms with Gasteiger partial charge in [-0.05, 0) is 23.5 Å². The van der Waals surface area contributed by atoms with Crippen LogP contribution in [0.3, 0.4) is 0 Å². The smallest absolute Gasteiger partial charge is 0.318 e. The van der Waals surface area contributed by atoms with E-state index >= 15 is 0 Å². The molecule has 2 aromatic carbocycles. The quantitative estimate of drug-likeness (QED) is 0.567. The number of cyclic esters (lactones) is 1. The third kappa shape index (κ3) is 3.31. The molecule has 26 heavy (non-hydrogen) atoms. The molecule has 3 rings (SSSR count). The molecular formula is C23H26O3. The SMILES string of the molecule is CCC1(Cc2ccccc2)OC(=O)C(C(c2ccccc2)C(C)C)C1=O. The lowest BCUT2D eigenvalue weighted by Gasteiger charge is -2.27. The minimum Gasteiger partial charge on any atom is -0.450 e. The highest BCUT2D eigenvalue weighted by Crippen LogP contribution is 2.43. The predicted octanol–water partition coefficient (Wildman–Crippen LogP) is 4.56. The summed E-state index contributed by atoms with van der Waals surface area (Å²) in [5.41, 5.74) is 0.978. The molecule has 1 aliphatic rings. The summed E-state index contributed by atoms with van der Waals surface area (Å²) in [5, 5.41) is 0. The van der Waals surface area contributed by atoms with E-state index in [4.69, 9.17) is 4.74 Å². The van der Waals surface area contributed by atoms with Crippen molar-refractivity contribution in [2.75, 3.05) is 0 Å². The fourth-order valence-corrected chi connectivity index (χ4v) is 4.06. The maximum absolute atomic E-state index is 13.4. The molecule has 0 saturated carbocycles. The molecule has 1 fully saturated rings. The number of rotatable bonds is 6. The van der Waals surface area contributed by atoms with Crippen molar-refractivity contribution < 1.29 is 14.3 Å². The van der Waals surface area contributed by atoms with Gasteiger partial charge < -0.3 is 4.74 Å². The first-order valence-electron chi connectivity index (χ1n) is 9.34. The molecule has 0 spiro atoms. The van der Waals surface area contributed by atoms with Crippen LogP contribution >= 0.6 is 0 Å². The summed E-state index contributed by atoms with van der Waals surface area (Å²) in [5.74, 6) is -1.20. The van der Waals surface area contributed by atoms with Crippen molar-refractivity contribution in [3.8, 4) is 0 Å². The van der Waals surface area contributed by atoms with Crippen LogP contribution in [-0.2, 0) is 20.7 Å². The van der Waals surface area contributed by atoms with Gasteiger partial charge in [0, 0.05) is 12.3 Å². The van der Waals surface area contributed by atoms with Crippen molar-refractivity contribution in [3.63, 3.8) is 0 Å². The van der Waals surface area contributed by atoms with Crippen LogP contribution in [0.25, 0.3) is 0 Å². The zero-order valence-corrected chi connectivity index (χ0v) is 15.6. The molecule has 3 nitrogen and oxygen atoms in total. The van der Waals surface area contributed by atoms with E-state index in [9.17, 15) is 9.59 Å². The van der Waals surface area contributed by atoms with Crippen LogP contribution in [0, 0.1) is 11.8 Å². The molecule has 1 aliphatic heterocycles. The summed E-state index contributed by atoms with van der Waals surface area (Å²) in [4.78, 5) is 26.3. The zero-order valence-electron chi connectivity index (χ0n) is 15.6. The van der Waals surface area contributed by atoms with Gasteiger partial charge in [-0.15, -0.1) is 0 Å². The molecule has 0 N–H and O–H groups in total. The first-order chi connectivity index (χ1) is 12.5. The highest BCUT2D eigenvalue weighted by atomic mass is 16.6. The van der Waals surface area contributed by atoms with Crippen molar-refractivity contribution in [1.82, 2.24) is 0 Å². The second-order valence-electron chi connectivity index (χ2n) is 7.45. The van der Waals surface area contributed by atoms with E-state index < -0.39 is 11.5 Å². The Labute approximate surface area is 155 Å². The summed E-state index contributed by atoms with van der Waals surface area (Å²) in [6.07, 6.45) is 0.924. The Hall–Kier alpha value is -2.42. The largest absolute Gasteiger partial charge is 0.450 e. The first-order valence-corrected chi connectivity index (χ1v) is 9.34. The third-order valence-electron chi connectivity index (χ3n) is 5.45. The van der Waals surface area contributed by atoms with Gasteiger partial charge in [-0.1, -0.05) is 81.4 Å². The lowest BCUT2D eigenvalue weighted by molar-refractivity contribution is -0.153. The molecule has 2 aromatic rings. The molecule has 1 saturated heterocycles. The van der Waals surface area contributed by atoms with Gasteiger partial charge in [0.1, 0.15) is 5.92 Å². The van der Waals surface area contributed by atoms with E-state index in [1.54, 1.807) is 0 Å². The van der Waals surface area contributed by atoms with Gasteiger partial charge in [0.05, 0.1) is 0 Å². The van der Waals surface area contributed by atoms with E-state index in [0.29, 0.717) is 12.8 Å². The van der Waals surface area contributed by atoms with Crippen LogP contribution < -0.4 is 0 Å². The van der Waals surface area contributed by atoms with Gasteiger partial charge in [-0.3, -0.25) is 9.59 Å². The molecule has 3 unspecified atom stereocenters. The van der Waals surface area contributed by atoms with Crippen LogP contribution in [0.4, 0.5) is 0 Å². The summed E-state index contributed by atoms with van der Waals surface area (Å²) < 4.78 is 5.79. The topological polar surface area (TPSA) is 43.4 Å². The Kier molecular flexibility index (Phi) is 5.26. The third-order valence-corrected chi connectivity index (χ3v) is 5.45. The molecule has 0 aliphatic carbocycles. The van der Waals surface area contributed by atoms with Gasteiger partial charge in [-0.2, -0.15) is 0 Å². The summed E-state index contributed by atoms with van der Waals surface area (Å²) in [7, 11) is 0. The molecule has 0 aromatic heterocycles. The molecule has 0 amide bonds. The van der Waals surface area contributed by atoms with Crippen LogP contribution in [0.2, 0.25) is 0 Å². The van der Waals surface area contributed by atoms with Crippen molar-refractivity contribution >= 4 is 11.8 Å². The highest BCUT2D eigenvalue weighted by molar-refractivity contribution is 6.10. The lowest BCUT2D eigenvalue weighted by atomic mass is 9.73. The zero-order chi connectivity index (χ0) is 18.7. The van der Waals surface area contributed by atoms with E-state index in [-0.39, 0.29) is 23.6 Å². The Bertz CT molecular complexity index is 767. The fraction of sp³-hybridized carbons (Fsp3) is 0.391. The van der Waals surface area contributed by atoms with Crippen molar-refractivity contribution in [1.29, 1.82) is 0 Å². The second-order valence-corrected chi connectivity index (χ2v) is 7.45. The maximum atomic E-state index is 13.4. The molecular weight excluding hydrogens is 324 g/mol. The molecule has 1 heterocycles. The molecule has 136 valence electrons. The number of Topliss-reactive ketones (excluding diaryl/α,β-unsaturated/α-hetero) is 1. The fourth-order valence-electron chi connectivity index (χ4n) is 4.06. The Morgan fingerprint density at radius 3 is 2.08 bits per heavy atom. The van der Waals surface area contributed by atoms with Gasteiger partial charge in [0.25, 0.3) is 0 Å². The van der Waals surface area contributed by atoms with Gasteiger partial charge in [0.2, 0.25) is 0 Å². The number of hydrogen-bond acceptors (Lipinski definition) is 3. The Morgan fingerprint density at radius 1 is 0.962 bits per heavy atom. The first kappa shape index (κ1) is 18.4. The molecule has 3 atom stereocenters. The normalized spacial score (nSPS) is 23.9. The minimum absolute atomic E-state index is 0.0728. The number of esters is 1. The molecule has 3 heteroatoms. The molecule has 0 radical (unpaired) electrons. The van der Waals surface area contributed by atoms with Crippen LogP contribution in [0.5, 0.6) is 0 Å². The second kappa shape index (κ2) is 7.45. The number of carbonyl (C=O) groups is 2. The average molecular weight is 350 g/mol. The molecule has 0 bridgehead atoms. The number of benzene rings is 2. The summed E-state index contributed by atoms with van der Waals surface area (Å²) in [6.45, 7) is 6.03. The number of ether oxygens (including phenoxy) is 1. The standard InChI is InChI=1S/C23H26O3/c1-4-23(15-17-11-7-5-8-12-17)21(24)20(22(25)26-23)19(16(2)3)18-13-9-6-10-14-18/h5-14,16,19-20H,4,15H2,1-3H3. The summed E-state index contributed by atoms with van der Waals surface area (Å²) >= 11 is 0. The number of ketones is 1. The van der Waals surface area contributed by atoms with E-state index in [0.717, 1.165) is 11.1 Å². The van der Waals surface area contributed by atoms with E-state index in [1.807, 2.05) is 67.6 Å². The van der Waals surface area contributed by atoms with Crippen LogP contribution in [-0.4, -0.2) is 17.4 Å². The van der Waals surface area contributed by atoms with E-state index in [2.05, 4.69) is 13.8 Å². The van der Waals surface area contributed by atoms with E-state index in [1.165, 1.54) is 0 Å². The van der Waals surface area contributed by atoms with Gasteiger partial charge in [0.15, 0.2) is 11.4 Å². The average Bonchev–Trinajstić information content (AvgIpc) is 2.88.